The minimum Gasteiger partial charge on any atom is -0.497 e. The first-order valence-electron chi connectivity index (χ1n) is 8.90. The Kier molecular flexibility index (Phi) is 7.67. The maximum atomic E-state index is 12.7. The van der Waals surface area contributed by atoms with E-state index >= 15 is 0 Å². The van der Waals surface area contributed by atoms with Gasteiger partial charge in [0, 0.05) is 5.56 Å². The summed E-state index contributed by atoms with van der Waals surface area (Å²) >= 11 is 0. The van der Waals surface area contributed by atoms with E-state index in [0.29, 0.717) is 23.7 Å². The van der Waals surface area contributed by atoms with Crippen LogP contribution in [0.25, 0.3) is 0 Å². The monoisotopic (exact) mass is 371 g/mol. The lowest BCUT2D eigenvalue weighted by atomic mass is 10.0. The number of ether oxygens (including phenoxy) is 3. The third kappa shape index (κ3) is 6.02. The van der Waals surface area contributed by atoms with Crippen LogP contribution in [0.4, 0.5) is 0 Å². The van der Waals surface area contributed by atoms with Crippen molar-refractivity contribution < 1.29 is 23.8 Å². The summed E-state index contributed by atoms with van der Waals surface area (Å²) in [5.74, 6) is 0.689. The predicted molar refractivity (Wildman–Crippen MR) is 102 cm³/mol. The van der Waals surface area contributed by atoms with Crippen molar-refractivity contribution in [2.24, 2.45) is 0 Å². The highest BCUT2D eigenvalue weighted by Crippen LogP contribution is 2.23. The highest BCUT2D eigenvalue weighted by molar-refractivity contribution is 5.94. The highest BCUT2D eigenvalue weighted by Gasteiger charge is 2.20. The fraction of sp³-hybridized carbons (Fsp3) is 0.333. The summed E-state index contributed by atoms with van der Waals surface area (Å²) in [5.41, 5.74) is 1.25. The van der Waals surface area contributed by atoms with Crippen molar-refractivity contribution in [2.45, 2.75) is 26.3 Å². The number of amides is 1. The van der Waals surface area contributed by atoms with Gasteiger partial charge < -0.3 is 19.5 Å². The number of hydrogen-bond donors (Lipinski definition) is 1. The van der Waals surface area contributed by atoms with Crippen LogP contribution in [-0.4, -0.2) is 32.2 Å². The molecule has 0 aliphatic rings. The van der Waals surface area contributed by atoms with Gasteiger partial charge in [0.25, 0.3) is 5.91 Å². The van der Waals surface area contributed by atoms with Gasteiger partial charge in [-0.25, -0.2) is 0 Å². The third-order valence-electron chi connectivity index (χ3n) is 3.91. The molecule has 1 atom stereocenters. The fourth-order valence-electron chi connectivity index (χ4n) is 2.61. The van der Waals surface area contributed by atoms with Crippen LogP contribution in [0.1, 0.15) is 42.2 Å². The molecule has 0 fully saturated rings. The molecule has 0 spiro atoms. The van der Waals surface area contributed by atoms with Gasteiger partial charge in [-0.2, -0.15) is 0 Å². The van der Waals surface area contributed by atoms with Gasteiger partial charge >= 0.3 is 5.97 Å². The zero-order chi connectivity index (χ0) is 19.6. The van der Waals surface area contributed by atoms with Crippen molar-refractivity contribution in [3.63, 3.8) is 0 Å². The number of hydrogen-bond acceptors (Lipinski definition) is 5. The van der Waals surface area contributed by atoms with Gasteiger partial charge in [0.05, 0.1) is 32.8 Å². The Bertz CT molecular complexity index is 757. The van der Waals surface area contributed by atoms with Crippen molar-refractivity contribution in [3.8, 4) is 11.5 Å². The summed E-state index contributed by atoms with van der Waals surface area (Å²) in [5, 5.41) is 2.91. The second-order valence-electron chi connectivity index (χ2n) is 5.77. The molecule has 0 heterocycles. The van der Waals surface area contributed by atoms with Crippen LogP contribution in [-0.2, 0) is 9.53 Å². The number of benzene rings is 2. The van der Waals surface area contributed by atoms with Gasteiger partial charge in [0.2, 0.25) is 0 Å². The van der Waals surface area contributed by atoms with Crippen molar-refractivity contribution in [3.05, 3.63) is 59.7 Å². The minimum absolute atomic E-state index is 0.0315. The normalized spacial score (nSPS) is 11.4. The molecule has 0 saturated carbocycles. The van der Waals surface area contributed by atoms with E-state index in [1.54, 1.807) is 50.4 Å². The quantitative estimate of drug-likeness (QED) is 0.683. The lowest BCUT2D eigenvalue weighted by molar-refractivity contribution is -0.143. The molecular weight excluding hydrogens is 346 g/mol. The maximum Gasteiger partial charge on any atom is 0.308 e. The second kappa shape index (κ2) is 10.2. The van der Waals surface area contributed by atoms with Crippen molar-refractivity contribution in [2.75, 3.05) is 20.3 Å². The minimum atomic E-state index is -0.529. The van der Waals surface area contributed by atoms with E-state index in [4.69, 9.17) is 14.2 Å². The van der Waals surface area contributed by atoms with Crippen LogP contribution in [0.5, 0.6) is 11.5 Å². The number of carbonyl (C=O) groups excluding carboxylic acids is 2. The molecular formula is C21H25NO5. The lowest BCUT2D eigenvalue weighted by Crippen LogP contribution is -2.30. The van der Waals surface area contributed by atoms with Gasteiger partial charge in [0.1, 0.15) is 11.5 Å². The van der Waals surface area contributed by atoms with E-state index in [1.165, 1.54) is 0 Å². The number of methoxy groups -OCH3 is 1. The van der Waals surface area contributed by atoms with Gasteiger partial charge in [-0.1, -0.05) is 12.1 Å². The van der Waals surface area contributed by atoms with E-state index in [1.807, 2.05) is 19.1 Å². The molecule has 6 heteroatoms. The molecule has 1 unspecified atom stereocenters. The van der Waals surface area contributed by atoms with E-state index < -0.39 is 6.04 Å². The second-order valence-corrected chi connectivity index (χ2v) is 5.77. The SMILES string of the molecule is CCOC(=O)CC(NC(=O)c1ccc(OCC)cc1)c1cccc(OC)c1. The molecule has 2 rings (SSSR count). The fourth-order valence-corrected chi connectivity index (χ4v) is 2.61. The molecule has 0 aromatic heterocycles. The Balaban J connectivity index is 2.19. The van der Waals surface area contributed by atoms with Gasteiger partial charge in [-0.15, -0.1) is 0 Å². The Morgan fingerprint density at radius 1 is 1.00 bits per heavy atom. The third-order valence-corrected chi connectivity index (χ3v) is 3.91. The summed E-state index contributed by atoms with van der Waals surface area (Å²) in [6.07, 6.45) is 0.0315. The summed E-state index contributed by atoms with van der Waals surface area (Å²) in [7, 11) is 1.57. The summed E-state index contributed by atoms with van der Waals surface area (Å²) in [6.45, 7) is 4.49. The first-order chi connectivity index (χ1) is 13.1. The van der Waals surface area contributed by atoms with E-state index in [9.17, 15) is 9.59 Å². The Morgan fingerprint density at radius 3 is 2.37 bits per heavy atom. The Labute approximate surface area is 159 Å². The predicted octanol–water partition coefficient (Wildman–Crippen LogP) is 3.52. The van der Waals surface area contributed by atoms with Crippen molar-refractivity contribution >= 4 is 11.9 Å². The van der Waals surface area contributed by atoms with Crippen molar-refractivity contribution in [1.82, 2.24) is 5.32 Å². The number of nitrogens with one attached hydrogen (secondary N) is 1. The molecule has 0 aliphatic carbocycles. The molecule has 2 aromatic carbocycles. The van der Waals surface area contributed by atoms with Crippen LogP contribution in [0.15, 0.2) is 48.5 Å². The van der Waals surface area contributed by atoms with Crippen LogP contribution in [0.2, 0.25) is 0 Å². The molecule has 0 saturated heterocycles. The van der Waals surface area contributed by atoms with E-state index in [-0.39, 0.29) is 24.9 Å². The molecule has 6 nitrogen and oxygen atoms in total. The molecule has 144 valence electrons. The zero-order valence-electron chi connectivity index (χ0n) is 15.9. The molecule has 0 bridgehead atoms. The van der Waals surface area contributed by atoms with E-state index in [0.717, 1.165) is 5.56 Å². The maximum absolute atomic E-state index is 12.7. The molecule has 2 aromatic rings. The number of carbonyl (C=O) groups is 2. The van der Waals surface area contributed by atoms with Gasteiger partial charge in [-0.05, 0) is 55.8 Å². The van der Waals surface area contributed by atoms with Crippen molar-refractivity contribution in [1.29, 1.82) is 0 Å². The highest BCUT2D eigenvalue weighted by atomic mass is 16.5. The summed E-state index contributed by atoms with van der Waals surface area (Å²) < 4.78 is 15.7. The molecule has 1 N–H and O–H groups in total. The summed E-state index contributed by atoms with van der Waals surface area (Å²) in [6, 6.07) is 13.6. The van der Waals surface area contributed by atoms with Crippen LogP contribution >= 0.6 is 0 Å². The smallest absolute Gasteiger partial charge is 0.308 e. The van der Waals surface area contributed by atoms with E-state index in [2.05, 4.69) is 5.32 Å². The number of rotatable bonds is 9. The average molecular weight is 371 g/mol. The first kappa shape index (κ1) is 20.3. The molecule has 0 aliphatic heterocycles. The van der Waals surface area contributed by atoms with Gasteiger partial charge in [0.15, 0.2) is 0 Å². The summed E-state index contributed by atoms with van der Waals surface area (Å²) in [4.78, 5) is 24.7. The zero-order valence-corrected chi connectivity index (χ0v) is 15.9. The molecule has 27 heavy (non-hydrogen) atoms. The standard InChI is InChI=1S/C21H25NO5/c1-4-26-17-11-9-15(10-12-17)21(24)22-19(14-20(23)27-5-2)16-7-6-8-18(13-16)25-3/h6-13,19H,4-5,14H2,1-3H3,(H,22,24). The van der Waals surface area contributed by atoms with Crippen LogP contribution < -0.4 is 14.8 Å². The lowest BCUT2D eigenvalue weighted by Gasteiger charge is -2.19. The number of esters is 1. The van der Waals surface area contributed by atoms with Gasteiger partial charge in [-0.3, -0.25) is 9.59 Å². The molecule has 1 amide bonds. The average Bonchev–Trinajstić information content (AvgIpc) is 2.68. The Hall–Kier alpha value is -3.02. The Morgan fingerprint density at radius 2 is 1.74 bits per heavy atom. The largest absolute Gasteiger partial charge is 0.497 e. The first-order valence-corrected chi connectivity index (χ1v) is 8.90. The van der Waals surface area contributed by atoms with Crippen LogP contribution in [0, 0.1) is 0 Å². The van der Waals surface area contributed by atoms with Crippen LogP contribution in [0.3, 0.4) is 0 Å². The topological polar surface area (TPSA) is 73.9 Å². The molecule has 0 radical (unpaired) electrons.